The molecular weight excluding hydrogens is 414 g/mol. The monoisotopic (exact) mass is 439 g/mol. The number of anilines is 1. The molecule has 0 aromatic heterocycles. The number of hydrogen-bond acceptors (Lipinski definition) is 6. The Kier molecular flexibility index (Phi) is 8.74. The van der Waals surface area contributed by atoms with E-state index in [1.165, 1.54) is 16.4 Å². The molecule has 1 heterocycles. The fourth-order valence-electron chi connectivity index (χ4n) is 2.79. The predicted octanol–water partition coefficient (Wildman–Crippen LogP) is 2.18. The quantitative estimate of drug-likeness (QED) is 0.398. The summed E-state index contributed by atoms with van der Waals surface area (Å²) in [7, 11) is -3.52. The molecule has 1 aliphatic heterocycles. The van der Waals surface area contributed by atoms with Crippen LogP contribution in [-0.2, 0) is 24.3 Å². The second-order valence-corrected chi connectivity index (χ2v) is 8.72. The zero-order chi connectivity index (χ0) is 21.3. The molecule has 2 rings (SSSR count). The molecule has 0 unspecified atom stereocenters. The van der Waals surface area contributed by atoms with Crippen molar-refractivity contribution in [2.75, 3.05) is 25.0 Å². The first-order valence-corrected chi connectivity index (χ1v) is 11.2. The van der Waals surface area contributed by atoms with Crippen LogP contribution in [0.3, 0.4) is 0 Å². The molecule has 1 saturated heterocycles. The molecular formula is C19H25N3O5S2. The number of rotatable bonds is 6. The SMILES string of the molecule is CCOC(=O)/C=C/C(=O)NC(=S)Nc1ccc(S(=O)(=O)N2CCCCCC2)cc1. The number of esters is 1. The van der Waals surface area contributed by atoms with Crippen LogP contribution in [0.4, 0.5) is 5.69 Å². The van der Waals surface area contributed by atoms with Crippen LogP contribution in [0.25, 0.3) is 0 Å². The van der Waals surface area contributed by atoms with E-state index in [0.717, 1.165) is 37.8 Å². The van der Waals surface area contributed by atoms with Crippen LogP contribution in [-0.4, -0.2) is 49.4 Å². The molecule has 1 amide bonds. The Hall–Kier alpha value is -2.30. The van der Waals surface area contributed by atoms with Gasteiger partial charge in [-0.25, -0.2) is 13.2 Å². The average Bonchev–Trinajstić information content (AvgIpc) is 2.97. The van der Waals surface area contributed by atoms with Crippen molar-refractivity contribution in [3.05, 3.63) is 36.4 Å². The van der Waals surface area contributed by atoms with Gasteiger partial charge >= 0.3 is 5.97 Å². The van der Waals surface area contributed by atoms with Crippen molar-refractivity contribution in [2.24, 2.45) is 0 Å². The van der Waals surface area contributed by atoms with Crippen LogP contribution < -0.4 is 10.6 Å². The first-order valence-electron chi connectivity index (χ1n) is 9.40. The molecule has 0 atom stereocenters. The van der Waals surface area contributed by atoms with Gasteiger partial charge in [-0.3, -0.25) is 10.1 Å². The maximum absolute atomic E-state index is 12.8. The summed E-state index contributed by atoms with van der Waals surface area (Å²) in [6.45, 7) is 2.96. The number of ether oxygens (including phenoxy) is 1. The van der Waals surface area contributed by atoms with Crippen molar-refractivity contribution in [3.63, 3.8) is 0 Å². The van der Waals surface area contributed by atoms with Gasteiger partial charge in [-0.15, -0.1) is 0 Å². The maximum atomic E-state index is 12.8. The normalized spacial score (nSPS) is 15.5. The average molecular weight is 440 g/mol. The first-order chi connectivity index (χ1) is 13.8. The third kappa shape index (κ3) is 7.22. The van der Waals surface area contributed by atoms with Gasteiger partial charge in [0.05, 0.1) is 11.5 Å². The van der Waals surface area contributed by atoms with Gasteiger partial charge in [-0.05, 0) is 56.2 Å². The summed E-state index contributed by atoms with van der Waals surface area (Å²) >= 11 is 5.05. The summed E-state index contributed by atoms with van der Waals surface area (Å²) in [5.74, 6) is -1.21. The molecule has 1 aromatic carbocycles. The van der Waals surface area contributed by atoms with Crippen LogP contribution in [0.1, 0.15) is 32.6 Å². The van der Waals surface area contributed by atoms with E-state index in [-0.39, 0.29) is 16.6 Å². The van der Waals surface area contributed by atoms with Crippen molar-refractivity contribution in [3.8, 4) is 0 Å². The van der Waals surface area contributed by atoms with E-state index in [1.807, 2.05) is 0 Å². The molecule has 0 bridgehead atoms. The van der Waals surface area contributed by atoms with Gasteiger partial charge in [0.25, 0.3) is 0 Å². The summed E-state index contributed by atoms with van der Waals surface area (Å²) in [6.07, 6.45) is 5.86. The Morgan fingerprint density at radius 2 is 1.72 bits per heavy atom. The van der Waals surface area contributed by atoms with Crippen LogP contribution in [0, 0.1) is 0 Å². The summed E-state index contributed by atoms with van der Waals surface area (Å²) < 4.78 is 31.7. The molecule has 1 aliphatic rings. The van der Waals surface area contributed by atoms with E-state index in [0.29, 0.717) is 18.8 Å². The van der Waals surface area contributed by atoms with Crippen LogP contribution >= 0.6 is 12.2 Å². The molecule has 1 fully saturated rings. The van der Waals surface area contributed by atoms with Gasteiger partial charge in [0.1, 0.15) is 0 Å². The number of carbonyl (C=O) groups is 2. The summed E-state index contributed by atoms with van der Waals surface area (Å²) in [4.78, 5) is 23.1. The maximum Gasteiger partial charge on any atom is 0.330 e. The molecule has 0 aliphatic carbocycles. The second-order valence-electron chi connectivity index (χ2n) is 6.37. The number of benzene rings is 1. The minimum absolute atomic E-state index is 0.0200. The lowest BCUT2D eigenvalue weighted by Crippen LogP contribution is -2.33. The van der Waals surface area contributed by atoms with E-state index in [9.17, 15) is 18.0 Å². The van der Waals surface area contributed by atoms with Crippen LogP contribution in [0.15, 0.2) is 41.3 Å². The lowest BCUT2D eigenvalue weighted by Gasteiger charge is -2.20. The van der Waals surface area contributed by atoms with Crippen molar-refractivity contribution < 1.29 is 22.7 Å². The smallest absolute Gasteiger partial charge is 0.330 e. The topological polar surface area (TPSA) is 105 Å². The molecule has 0 spiro atoms. The number of thiocarbonyl (C=S) groups is 1. The number of nitrogens with one attached hydrogen (secondary N) is 2. The summed E-state index contributed by atoms with van der Waals surface area (Å²) in [5.41, 5.74) is 0.527. The van der Waals surface area contributed by atoms with E-state index in [4.69, 9.17) is 12.2 Å². The largest absolute Gasteiger partial charge is 0.463 e. The molecule has 10 heteroatoms. The fourth-order valence-corrected chi connectivity index (χ4v) is 4.53. The Balaban J connectivity index is 1.93. The van der Waals surface area contributed by atoms with Gasteiger partial charge in [0.15, 0.2) is 5.11 Å². The third-order valence-electron chi connectivity index (χ3n) is 4.21. The Labute approximate surface area is 176 Å². The molecule has 2 N–H and O–H groups in total. The zero-order valence-corrected chi connectivity index (χ0v) is 17.9. The standard InChI is InChI=1S/C19H25N3O5S2/c1-2-27-18(24)12-11-17(23)21-19(28)20-15-7-9-16(10-8-15)29(25,26)22-13-5-3-4-6-14-22/h7-12H,2-6,13-14H2,1H3,(H2,20,21,23,28)/b12-11+. The second kappa shape index (κ2) is 11.0. The van der Waals surface area contributed by atoms with Gasteiger partial charge in [-0.1, -0.05) is 12.8 Å². The Bertz CT molecular complexity index is 858. The minimum Gasteiger partial charge on any atom is -0.463 e. The summed E-state index contributed by atoms with van der Waals surface area (Å²) in [6, 6.07) is 6.18. The minimum atomic E-state index is -3.52. The highest BCUT2D eigenvalue weighted by molar-refractivity contribution is 7.89. The number of nitrogens with zero attached hydrogens (tertiary/aromatic N) is 1. The lowest BCUT2D eigenvalue weighted by atomic mass is 10.2. The molecule has 29 heavy (non-hydrogen) atoms. The Morgan fingerprint density at radius 3 is 2.31 bits per heavy atom. The summed E-state index contributed by atoms with van der Waals surface area (Å²) in [5, 5.41) is 5.20. The van der Waals surface area contributed by atoms with Crippen molar-refractivity contribution in [2.45, 2.75) is 37.5 Å². The number of sulfonamides is 1. The Morgan fingerprint density at radius 1 is 1.10 bits per heavy atom. The predicted molar refractivity (Wildman–Crippen MR) is 114 cm³/mol. The van der Waals surface area contributed by atoms with E-state index >= 15 is 0 Å². The first kappa shape index (κ1) is 23.0. The van der Waals surface area contributed by atoms with Gasteiger partial charge in [-0.2, -0.15) is 4.31 Å². The molecule has 1 aromatic rings. The van der Waals surface area contributed by atoms with E-state index < -0.39 is 21.9 Å². The third-order valence-corrected chi connectivity index (χ3v) is 6.33. The highest BCUT2D eigenvalue weighted by atomic mass is 32.2. The number of carbonyl (C=O) groups excluding carboxylic acids is 2. The van der Waals surface area contributed by atoms with Crippen LogP contribution in [0.5, 0.6) is 0 Å². The van der Waals surface area contributed by atoms with Crippen molar-refractivity contribution in [1.82, 2.24) is 9.62 Å². The number of amides is 1. The van der Waals surface area contributed by atoms with Gasteiger partial charge in [0, 0.05) is 30.9 Å². The van der Waals surface area contributed by atoms with Gasteiger partial charge < -0.3 is 10.1 Å². The highest BCUT2D eigenvalue weighted by Crippen LogP contribution is 2.21. The highest BCUT2D eigenvalue weighted by Gasteiger charge is 2.24. The van der Waals surface area contributed by atoms with E-state index in [2.05, 4.69) is 15.4 Å². The van der Waals surface area contributed by atoms with Gasteiger partial charge in [0.2, 0.25) is 15.9 Å². The van der Waals surface area contributed by atoms with Crippen LogP contribution in [0.2, 0.25) is 0 Å². The lowest BCUT2D eigenvalue weighted by molar-refractivity contribution is -0.137. The fraction of sp³-hybridized carbons (Fsp3) is 0.421. The molecule has 0 radical (unpaired) electrons. The molecule has 8 nitrogen and oxygen atoms in total. The zero-order valence-electron chi connectivity index (χ0n) is 16.2. The van der Waals surface area contributed by atoms with Crippen molar-refractivity contribution in [1.29, 1.82) is 0 Å². The molecule has 158 valence electrons. The molecule has 0 saturated carbocycles. The van der Waals surface area contributed by atoms with Crippen molar-refractivity contribution >= 4 is 44.9 Å². The number of hydrogen-bond donors (Lipinski definition) is 2. The van der Waals surface area contributed by atoms with E-state index in [1.54, 1.807) is 19.1 Å².